The van der Waals surface area contributed by atoms with Crippen molar-refractivity contribution in [2.45, 2.75) is 80.2 Å². The number of anilines is 5. The van der Waals surface area contributed by atoms with Crippen LogP contribution in [0.2, 0.25) is 0 Å². The monoisotopic (exact) mass is 579 g/mol. The van der Waals surface area contributed by atoms with Gasteiger partial charge in [-0.25, -0.2) is 0 Å². The van der Waals surface area contributed by atoms with Crippen molar-refractivity contribution in [1.29, 1.82) is 0 Å². The highest BCUT2D eigenvalue weighted by atomic mass is 16.3. The van der Waals surface area contributed by atoms with E-state index < -0.39 is 0 Å². The van der Waals surface area contributed by atoms with E-state index in [1.165, 1.54) is 12.0 Å². The summed E-state index contributed by atoms with van der Waals surface area (Å²) < 4.78 is 0. The lowest BCUT2D eigenvalue weighted by atomic mass is 9.83. The maximum atomic E-state index is 10.9. The highest BCUT2D eigenvalue weighted by molar-refractivity contribution is 5.67. The number of hydrogen-bond acceptors (Lipinski definition) is 5. The topological polar surface area (TPSA) is 76.5 Å². The third-order valence-corrected chi connectivity index (χ3v) is 7.62. The molecular weight excluding hydrogens is 530 g/mol. The van der Waals surface area contributed by atoms with E-state index in [0.717, 1.165) is 46.0 Å². The average molecular weight is 580 g/mol. The first-order chi connectivity index (χ1) is 20.2. The Morgan fingerprint density at radius 2 is 1.09 bits per heavy atom. The van der Waals surface area contributed by atoms with Crippen molar-refractivity contribution < 1.29 is 10.2 Å². The van der Waals surface area contributed by atoms with E-state index in [1.807, 2.05) is 58.0 Å². The smallest absolute Gasteiger partial charge is 0.127 e. The summed E-state index contributed by atoms with van der Waals surface area (Å²) in [7, 11) is 0. The van der Waals surface area contributed by atoms with E-state index in [-0.39, 0.29) is 16.9 Å². The van der Waals surface area contributed by atoms with Crippen LogP contribution in [0.15, 0.2) is 78.9 Å². The molecule has 4 rings (SSSR count). The van der Waals surface area contributed by atoms with Crippen LogP contribution < -0.4 is 16.0 Å². The molecule has 0 radical (unpaired) electrons. The molecule has 5 heteroatoms. The molecule has 4 aromatic rings. The summed E-state index contributed by atoms with van der Waals surface area (Å²) in [5.41, 5.74) is 8.55. The maximum absolute atomic E-state index is 10.9. The Morgan fingerprint density at radius 3 is 1.53 bits per heavy atom. The fraction of sp³-hybridized carbons (Fsp3) is 0.368. The minimum Gasteiger partial charge on any atom is -0.507 e. The van der Waals surface area contributed by atoms with Crippen LogP contribution in [0.3, 0.4) is 0 Å². The molecule has 0 spiro atoms. The lowest BCUT2D eigenvalue weighted by molar-refractivity contribution is 0.306. The van der Waals surface area contributed by atoms with Gasteiger partial charge in [-0.05, 0) is 114 Å². The summed E-state index contributed by atoms with van der Waals surface area (Å²) in [5.74, 6) is 0.981. The molecule has 0 aromatic heterocycles. The Kier molecular flexibility index (Phi) is 9.64. The van der Waals surface area contributed by atoms with Crippen LogP contribution >= 0.6 is 0 Å². The molecule has 0 saturated heterocycles. The number of benzene rings is 4. The summed E-state index contributed by atoms with van der Waals surface area (Å²) in [5, 5.41) is 31.8. The van der Waals surface area contributed by atoms with Crippen LogP contribution in [0.5, 0.6) is 11.5 Å². The van der Waals surface area contributed by atoms with Gasteiger partial charge in [0.05, 0.1) is 0 Å². The zero-order valence-corrected chi connectivity index (χ0v) is 27.1. The van der Waals surface area contributed by atoms with E-state index in [0.29, 0.717) is 23.4 Å². The molecule has 0 aliphatic heterocycles. The van der Waals surface area contributed by atoms with Gasteiger partial charge in [0.25, 0.3) is 0 Å². The van der Waals surface area contributed by atoms with Crippen LogP contribution in [-0.2, 0) is 18.4 Å². The second-order valence-electron chi connectivity index (χ2n) is 14.2. The van der Waals surface area contributed by atoms with E-state index in [9.17, 15) is 10.2 Å². The molecule has 0 bridgehead atoms. The van der Waals surface area contributed by atoms with E-state index >= 15 is 0 Å². The van der Waals surface area contributed by atoms with Gasteiger partial charge in [0, 0.05) is 46.1 Å². The minimum atomic E-state index is -0.368. The van der Waals surface area contributed by atoms with Crippen LogP contribution in [0.1, 0.15) is 77.1 Å². The quantitative estimate of drug-likeness (QED) is 0.129. The Hall–Kier alpha value is -4.12. The predicted molar refractivity (Wildman–Crippen MR) is 183 cm³/mol. The van der Waals surface area contributed by atoms with Crippen molar-refractivity contribution in [3.8, 4) is 11.5 Å². The first-order valence-corrected chi connectivity index (χ1v) is 15.3. The summed E-state index contributed by atoms with van der Waals surface area (Å²) in [6.07, 6.45) is 2.33. The third-order valence-electron chi connectivity index (χ3n) is 7.62. The molecule has 228 valence electrons. The highest BCUT2D eigenvalue weighted by Crippen LogP contribution is 2.42. The van der Waals surface area contributed by atoms with Crippen molar-refractivity contribution in [1.82, 2.24) is 0 Å². The molecular formula is C38H49N3O2. The number of nitrogens with one attached hydrogen (secondary N) is 3. The van der Waals surface area contributed by atoms with Crippen LogP contribution in [-0.4, -0.2) is 10.2 Å². The second-order valence-corrected chi connectivity index (χ2v) is 14.2. The van der Waals surface area contributed by atoms with Crippen molar-refractivity contribution in [2.24, 2.45) is 11.3 Å². The fourth-order valence-corrected chi connectivity index (χ4v) is 5.80. The van der Waals surface area contributed by atoms with Gasteiger partial charge < -0.3 is 26.2 Å². The first kappa shape index (κ1) is 31.8. The Balaban J connectivity index is 1.30. The molecule has 5 N–H and O–H groups in total. The molecule has 0 aliphatic rings. The van der Waals surface area contributed by atoms with Crippen molar-refractivity contribution in [3.63, 3.8) is 0 Å². The summed E-state index contributed by atoms with van der Waals surface area (Å²) >= 11 is 0. The molecule has 4 aromatic carbocycles. The van der Waals surface area contributed by atoms with Crippen LogP contribution in [0.4, 0.5) is 28.4 Å². The Morgan fingerprint density at radius 1 is 0.651 bits per heavy atom. The van der Waals surface area contributed by atoms with Gasteiger partial charge in [-0.1, -0.05) is 60.6 Å². The van der Waals surface area contributed by atoms with Gasteiger partial charge in [0.1, 0.15) is 11.5 Å². The van der Waals surface area contributed by atoms with Gasteiger partial charge in [-0.3, -0.25) is 0 Å². The summed E-state index contributed by atoms with van der Waals surface area (Å²) in [6.45, 7) is 17.6. The number of hydrogen-bond donors (Lipinski definition) is 5. The van der Waals surface area contributed by atoms with Crippen LogP contribution in [0.25, 0.3) is 0 Å². The molecule has 0 saturated carbocycles. The van der Waals surface area contributed by atoms with Gasteiger partial charge in [-0.15, -0.1) is 0 Å². The van der Waals surface area contributed by atoms with Gasteiger partial charge in [-0.2, -0.15) is 0 Å². The maximum Gasteiger partial charge on any atom is 0.127 e. The molecule has 1 atom stereocenters. The molecule has 0 amide bonds. The Labute approximate surface area is 258 Å². The zero-order valence-electron chi connectivity index (χ0n) is 27.1. The van der Waals surface area contributed by atoms with Gasteiger partial charge in [0.15, 0.2) is 0 Å². The largest absolute Gasteiger partial charge is 0.507 e. The highest BCUT2D eigenvalue weighted by Gasteiger charge is 2.25. The third kappa shape index (κ3) is 8.93. The fourth-order valence-electron chi connectivity index (χ4n) is 5.80. The average Bonchev–Trinajstić information content (AvgIpc) is 2.91. The number of rotatable bonds is 10. The van der Waals surface area contributed by atoms with Gasteiger partial charge >= 0.3 is 0 Å². The molecule has 5 nitrogen and oxygen atoms in total. The lowest BCUT2D eigenvalue weighted by Crippen LogP contribution is -2.14. The predicted octanol–water partition coefficient (Wildman–Crippen LogP) is 10.4. The molecule has 1 unspecified atom stereocenters. The van der Waals surface area contributed by atoms with Crippen molar-refractivity contribution >= 4 is 28.4 Å². The van der Waals surface area contributed by atoms with E-state index in [1.54, 1.807) is 0 Å². The van der Waals surface area contributed by atoms with E-state index in [2.05, 4.69) is 92.2 Å². The number of aromatic hydroxyl groups is 2. The summed E-state index contributed by atoms with van der Waals surface area (Å²) in [6, 6.07) is 27.0. The number of aryl methyl sites for hydroxylation is 1. The van der Waals surface area contributed by atoms with Crippen molar-refractivity contribution in [2.75, 3.05) is 16.0 Å². The van der Waals surface area contributed by atoms with E-state index in [4.69, 9.17) is 0 Å². The molecule has 43 heavy (non-hydrogen) atoms. The van der Waals surface area contributed by atoms with Gasteiger partial charge in [0.2, 0.25) is 0 Å². The second kappa shape index (κ2) is 13.0. The Bertz CT molecular complexity index is 1490. The summed E-state index contributed by atoms with van der Waals surface area (Å²) in [4.78, 5) is 0. The number of phenolic OH excluding ortho intramolecular Hbond substituents is 2. The first-order valence-electron chi connectivity index (χ1n) is 15.3. The molecule has 0 fully saturated rings. The number of phenols is 2. The lowest BCUT2D eigenvalue weighted by Gasteiger charge is -2.24. The van der Waals surface area contributed by atoms with Crippen LogP contribution in [0, 0.1) is 18.3 Å². The zero-order chi connectivity index (χ0) is 31.4. The normalized spacial score (nSPS) is 12.6. The van der Waals surface area contributed by atoms with Crippen molar-refractivity contribution in [3.05, 3.63) is 101 Å². The molecule has 0 aliphatic carbocycles. The standard InChI is InChI=1S/C38H49N3O2/c1-25(23-37(3,4)5)21-27-9-11-30(12-10-27)40-32-17-19-33(20-18-32)41-31-15-13-29(14-16-31)39-24-28-22-26(2)35(42)34(36(28)43)38(6,7)8/h9-20,22,25,39-43H,21,23-24H2,1-8H3. The molecule has 0 heterocycles. The minimum absolute atomic E-state index is 0.151. The SMILES string of the molecule is Cc1cc(CNc2ccc(Nc3ccc(Nc4ccc(CC(C)CC(C)(C)C)cc4)cc3)cc2)c(O)c(C(C)(C)C)c1O.